The van der Waals surface area contributed by atoms with E-state index in [1.165, 1.54) is 12.3 Å². The van der Waals surface area contributed by atoms with Crippen molar-refractivity contribution < 1.29 is 9.00 Å². The van der Waals surface area contributed by atoms with E-state index in [0.717, 1.165) is 16.5 Å². The van der Waals surface area contributed by atoms with Crippen LogP contribution in [0, 0.1) is 0 Å². The van der Waals surface area contributed by atoms with Crippen molar-refractivity contribution in [2.45, 2.75) is 0 Å². The monoisotopic (exact) mass is 495 g/mol. The van der Waals surface area contributed by atoms with Crippen molar-refractivity contribution in [1.29, 1.82) is 0 Å². The van der Waals surface area contributed by atoms with Crippen LogP contribution in [0.5, 0.6) is 0 Å². The van der Waals surface area contributed by atoms with Crippen LogP contribution in [0.2, 0.25) is 5.02 Å². The molecule has 3 aromatic heterocycles. The fourth-order valence-electron chi connectivity index (χ4n) is 3.33. The maximum absolute atomic E-state index is 11.8. The minimum absolute atomic E-state index is 0.280. The lowest BCUT2D eigenvalue weighted by atomic mass is 10.1. The quantitative estimate of drug-likeness (QED) is 0.367. The molecule has 1 aromatic carbocycles. The first-order valence-electron chi connectivity index (χ1n) is 10.1. The lowest BCUT2D eigenvalue weighted by molar-refractivity contribution is -0.111. The van der Waals surface area contributed by atoms with Crippen molar-refractivity contribution in [2.75, 3.05) is 23.1 Å². The first-order chi connectivity index (χ1) is 16.1. The minimum Gasteiger partial charge on any atom is -0.350 e. The van der Waals surface area contributed by atoms with Crippen LogP contribution in [0.1, 0.15) is 0 Å². The summed E-state index contributed by atoms with van der Waals surface area (Å²) in [7, 11) is -0.385. The molecule has 4 rings (SSSR count). The van der Waals surface area contributed by atoms with Crippen LogP contribution in [0.15, 0.2) is 65.9 Å². The molecule has 0 spiro atoms. The van der Waals surface area contributed by atoms with Crippen molar-refractivity contribution in [2.24, 2.45) is 11.4 Å². The highest BCUT2D eigenvalue weighted by atomic mass is 35.5. The Labute approximate surface area is 202 Å². The van der Waals surface area contributed by atoms with Crippen LogP contribution in [0.25, 0.3) is 22.2 Å². The Morgan fingerprint density at radius 2 is 1.94 bits per heavy atom. The molecule has 11 heteroatoms. The highest BCUT2D eigenvalue weighted by Gasteiger charge is 2.15. The number of hydrogen-bond donors (Lipinski definition) is 2. The highest BCUT2D eigenvalue weighted by molar-refractivity contribution is 7.92. The Hall–Kier alpha value is -3.76. The molecule has 34 heavy (non-hydrogen) atoms. The molecule has 0 aliphatic carbocycles. The number of halogens is 1. The van der Waals surface area contributed by atoms with Gasteiger partial charge in [-0.2, -0.15) is 4.36 Å². The van der Waals surface area contributed by atoms with Gasteiger partial charge in [0, 0.05) is 52.1 Å². The number of aryl methyl sites for hydroxylation is 1. The summed E-state index contributed by atoms with van der Waals surface area (Å²) < 4.78 is 17.8. The summed E-state index contributed by atoms with van der Waals surface area (Å²) in [4.78, 5) is 24.7. The van der Waals surface area contributed by atoms with Crippen molar-refractivity contribution in [3.63, 3.8) is 0 Å². The van der Waals surface area contributed by atoms with Gasteiger partial charge in [0.05, 0.1) is 34.3 Å². The maximum Gasteiger partial charge on any atom is 0.247 e. The molecule has 0 aliphatic rings. The summed E-state index contributed by atoms with van der Waals surface area (Å²) in [6, 6.07) is 9.01. The normalized spacial score (nSPS) is 11.3. The lowest BCUT2D eigenvalue weighted by Crippen LogP contribution is -2.07. The summed E-state index contributed by atoms with van der Waals surface area (Å²) >= 11 is 6.46. The van der Waals surface area contributed by atoms with Crippen molar-refractivity contribution in [3.05, 3.63) is 66.6 Å². The Bertz CT molecular complexity index is 1530. The summed E-state index contributed by atoms with van der Waals surface area (Å²) in [5.74, 6) is 0.447. The fourth-order valence-corrected chi connectivity index (χ4v) is 4.08. The molecular weight excluding hydrogens is 474 g/mol. The number of hydrogen-bond acceptors (Lipinski definition) is 7. The van der Waals surface area contributed by atoms with Crippen molar-refractivity contribution in [1.82, 2.24) is 19.5 Å². The molecule has 0 aliphatic heterocycles. The number of nitrogens with one attached hydrogen (secondary N) is 2. The molecule has 3 heterocycles. The number of anilines is 3. The topological polar surface area (TPSA) is 114 Å². The molecule has 0 bridgehead atoms. The van der Waals surface area contributed by atoms with Gasteiger partial charge in [0.15, 0.2) is 5.82 Å². The van der Waals surface area contributed by atoms with E-state index in [1.807, 2.05) is 36.0 Å². The summed E-state index contributed by atoms with van der Waals surface area (Å²) in [5.41, 5.74) is 3.58. The van der Waals surface area contributed by atoms with Gasteiger partial charge in [-0.15, -0.1) is 0 Å². The van der Waals surface area contributed by atoms with E-state index in [1.54, 1.807) is 30.8 Å². The molecule has 0 unspecified atom stereocenters. The van der Waals surface area contributed by atoms with Gasteiger partial charge in [-0.05, 0) is 30.3 Å². The summed E-state index contributed by atoms with van der Waals surface area (Å²) in [6.07, 6.45) is 9.35. The second-order valence-electron chi connectivity index (χ2n) is 7.77. The van der Waals surface area contributed by atoms with Gasteiger partial charge in [0.25, 0.3) is 0 Å². The van der Waals surface area contributed by atoms with E-state index in [2.05, 4.69) is 36.5 Å². The van der Waals surface area contributed by atoms with Gasteiger partial charge in [0.1, 0.15) is 0 Å². The van der Waals surface area contributed by atoms with Gasteiger partial charge in [-0.25, -0.2) is 19.2 Å². The second kappa shape index (κ2) is 9.24. The zero-order valence-electron chi connectivity index (χ0n) is 18.7. The van der Waals surface area contributed by atoms with Gasteiger partial charge in [-0.1, -0.05) is 24.2 Å². The summed E-state index contributed by atoms with van der Waals surface area (Å²) in [5, 5.41) is 7.18. The largest absolute Gasteiger partial charge is 0.350 e. The number of fused-ring (bicyclic) bond motifs is 1. The van der Waals surface area contributed by atoms with E-state index < -0.39 is 9.73 Å². The zero-order valence-corrected chi connectivity index (χ0v) is 20.3. The number of pyridine rings is 1. The van der Waals surface area contributed by atoms with Gasteiger partial charge in [-0.3, -0.25) is 4.79 Å². The molecule has 2 N–H and O–H groups in total. The van der Waals surface area contributed by atoms with Crippen LogP contribution < -0.4 is 10.6 Å². The number of aromatic nitrogens is 4. The third kappa shape index (κ3) is 5.24. The number of carbonyl (C=O) groups is 1. The van der Waals surface area contributed by atoms with Gasteiger partial charge >= 0.3 is 0 Å². The first-order valence-corrected chi connectivity index (χ1v) is 12.8. The SMILES string of the molecule is C=CC(=O)Nc1ccc2c(-c3nc(Nc4ccc(N=S(C)(C)=O)nc4)ncc3Cl)cn(C)c2c1. The minimum atomic E-state index is -2.29. The Morgan fingerprint density at radius 1 is 1.18 bits per heavy atom. The van der Waals surface area contributed by atoms with Crippen LogP contribution in [-0.2, 0) is 21.6 Å². The Kier molecular flexibility index (Phi) is 6.36. The molecule has 0 atom stereocenters. The van der Waals surface area contributed by atoms with E-state index in [4.69, 9.17) is 11.6 Å². The van der Waals surface area contributed by atoms with Gasteiger partial charge < -0.3 is 15.2 Å². The average Bonchev–Trinajstić information content (AvgIpc) is 3.11. The Morgan fingerprint density at radius 3 is 2.62 bits per heavy atom. The van der Waals surface area contributed by atoms with E-state index in [0.29, 0.717) is 33.9 Å². The van der Waals surface area contributed by atoms with E-state index >= 15 is 0 Å². The predicted molar refractivity (Wildman–Crippen MR) is 137 cm³/mol. The van der Waals surface area contributed by atoms with Crippen molar-refractivity contribution in [3.8, 4) is 11.3 Å². The average molecular weight is 496 g/mol. The summed E-state index contributed by atoms with van der Waals surface area (Å²) in [6.45, 7) is 3.47. The van der Waals surface area contributed by atoms with E-state index in [9.17, 15) is 9.00 Å². The maximum atomic E-state index is 11.8. The van der Waals surface area contributed by atoms with Crippen LogP contribution in [-0.4, -0.2) is 42.1 Å². The fraction of sp³-hybridized carbons (Fsp3) is 0.130. The first kappa shape index (κ1) is 23.4. The molecule has 0 saturated carbocycles. The number of nitrogens with zero attached hydrogens (tertiary/aromatic N) is 5. The highest BCUT2D eigenvalue weighted by Crippen LogP contribution is 2.35. The number of carbonyl (C=O) groups excluding carboxylic acids is 1. The van der Waals surface area contributed by atoms with Gasteiger partial charge in [0.2, 0.25) is 11.9 Å². The number of benzene rings is 1. The second-order valence-corrected chi connectivity index (χ2v) is 10.7. The van der Waals surface area contributed by atoms with E-state index in [-0.39, 0.29) is 5.91 Å². The molecule has 174 valence electrons. The molecular formula is C23H22ClN7O2S. The molecule has 4 aromatic rings. The van der Waals surface area contributed by atoms with Crippen molar-refractivity contribution >= 4 is 61.3 Å². The van der Waals surface area contributed by atoms with Crippen LogP contribution in [0.3, 0.4) is 0 Å². The number of amides is 1. The third-order valence-corrected chi connectivity index (χ3v) is 5.66. The molecule has 0 radical (unpaired) electrons. The predicted octanol–water partition coefficient (Wildman–Crippen LogP) is 4.91. The molecule has 0 saturated heterocycles. The lowest BCUT2D eigenvalue weighted by Gasteiger charge is -2.08. The standard InChI is InChI=1S/C23H22ClN7O2S/c1-5-21(32)27-14-6-8-16-17(13-31(2)19(16)10-14)22-18(24)12-26-23(29-22)28-15-7-9-20(25-11-15)30-34(3,4)33/h5-13H,1H2,2-4H3,(H,27,32)(H,26,28,29). The smallest absolute Gasteiger partial charge is 0.247 e. The number of rotatable bonds is 6. The van der Waals surface area contributed by atoms with Crippen LogP contribution in [0.4, 0.5) is 23.1 Å². The molecule has 0 fully saturated rings. The molecule has 1 amide bonds. The third-order valence-electron chi connectivity index (χ3n) is 4.76. The zero-order chi connectivity index (χ0) is 24.5. The van der Waals surface area contributed by atoms with Crippen LogP contribution >= 0.6 is 11.6 Å². The molecule has 9 nitrogen and oxygen atoms in total. The Balaban J connectivity index is 1.66.